The fourth-order valence-corrected chi connectivity index (χ4v) is 4.13. The van der Waals surface area contributed by atoms with E-state index in [4.69, 9.17) is 23.7 Å². The minimum Gasteiger partial charge on any atom is -0.497 e. The van der Waals surface area contributed by atoms with Crippen LogP contribution in [0.5, 0.6) is 28.7 Å². The Bertz CT molecular complexity index is 1250. The number of hydrogen-bond acceptors (Lipinski definition) is 7. The zero-order chi connectivity index (χ0) is 23.7. The lowest BCUT2D eigenvalue weighted by Gasteiger charge is -2.27. The van der Waals surface area contributed by atoms with Gasteiger partial charge in [0, 0.05) is 24.1 Å². The second kappa shape index (κ2) is 8.97. The van der Waals surface area contributed by atoms with Crippen LogP contribution in [-0.2, 0) is 4.79 Å². The number of benzene rings is 3. The number of amides is 1. The van der Waals surface area contributed by atoms with Crippen molar-refractivity contribution < 1.29 is 33.3 Å². The summed E-state index contributed by atoms with van der Waals surface area (Å²) < 4.78 is 27.5. The van der Waals surface area contributed by atoms with E-state index in [-0.39, 0.29) is 25.0 Å². The van der Waals surface area contributed by atoms with Gasteiger partial charge in [-0.05, 0) is 60.5 Å². The number of carbonyl (C=O) groups is 2. The van der Waals surface area contributed by atoms with Crippen LogP contribution in [0.15, 0.2) is 54.6 Å². The summed E-state index contributed by atoms with van der Waals surface area (Å²) in [5.74, 6) is 1.81. The van der Waals surface area contributed by atoms with Gasteiger partial charge in [0.1, 0.15) is 5.75 Å². The van der Waals surface area contributed by atoms with Gasteiger partial charge in [-0.3, -0.25) is 4.79 Å². The van der Waals surface area contributed by atoms with Gasteiger partial charge in [0.25, 0.3) is 0 Å². The maximum atomic E-state index is 12.7. The van der Waals surface area contributed by atoms with Crippen LogP contribution in [0.1, 0.15) is 40.7 Å². The van der Waals surface area contributed by atoms with Gasteiger partial charge in [0.15, 0.2) is 23.0 Å². The molecule has 5 rings (SSSR count). The fourth-order valence-electron chi connectivity index (χ4n) is 4.13. The highest BCUT2D eigenvalue weighted by Crippen LogP contribution is 2.45. The van der Waals surface area contributed by atoms with Crippen molar-refractivity contribution in [1.29, 1.82) is 0 Å². The van der Waals surface area contributed by atoms with Crippen molar-refractivity contribution in [2.24, 2.45) is 0 Å². The lowest BCUT2D eigenvalue weighted by molar-refractivity contribution is -0.116. The van der Waals surface area contributed by atoms with Gasteiger partial charge in [-0.1, -0.05) is 6.07 Å². The molecule has 0 spiro atoms. The highest BCUT2D eigenvalue weighted by atomic mass is 16.7. The molecule has 34 heavy (non-hydrogen) atoms. The van der Waals surface area contributed by atoms with Crippen LogP contribution >= 0.6 is 0 Å². The first-order valence-electron chi connectivity index (χ1n) is 10.9. The first-order chi connectivity index (χ1) is 16.6. The van der Waals surface area contributed by atoms with E-state index < -0.39 is 5.97 Å². The molecular formula is C26H23NO7. The third-order valence-electron chi connectivity index (χ3n) is 5.78. The number of carbonyl (C=O) groups excluding carboxylic acids is 2. The standard InChI is InChI=1S/C26H23NO7/c1-3-31-22-10-16(6-9-21(22)34-26(29)15-4-7-17(30-2)8-5-15)18-12-25(28)27-20-13-24-23(11-19(18)20)32-14-33-24/h4-11,13,18H,3,12,14H2,1-2H3,(H,27,28). The lowest BCUT2D eigenvalue weighted by atomic mass is 9.84. The van der Waals surface area contributed by atoms with E-state index in [9.17, 15) is 9.59 Å². The molecule has 3 aromatic carbocycles. The number of rotatable bonds is 6. The Kier molecular flexibility index (Phi) is 5.71. The zero-order valence-electron chi connectivity index (χ0n) is 18.8. The number of methoxy groups -OCH3 is 1. The maximum Gasteiger partial charge on any atom is 0.343 e. The number of ether oxygens (including phenoxy) is 5. The molecule has 8 nitrogen and oxygen atoms in total. The van der Waals surface area contributed by atoms with Gasteiger partial charge >= 0.3 is 5.97 Å². The molecule has 1 unspecified atom stereocenters. The van der Waals surface area contributed by atoms with Crippen LogP contribution in [0.2, 0.25) is 0 Å². The monoisotopic (exact) mass is 461 g/mol. The molecule has 174 valence electrons. The van der Waals surface area contributed by atoms with Crippen molar-refractivity contribution in [2.45, 2.75) is 19.3 Å². The van der Waals surface area contributed by atoms with E-state index in [1.165, 1.54) is 0 Å². The fraction of sp³-hybridized carbons (Fsp3) is 0.231. The molecule has 0 radical (unpaired) electrons. The Balaban J connectivity index is 1.45. The SMILES string of the molecule is CCOc1cc(C2CC(=O)Nc3cc4c(cc32)OCO4)ccc1OC(=O)c1ccc(OC)cc1. The van der Waals surface area contributed by atoms with E-state index >= 15 is 0 Å². The van der Waals surface area contributed by atoms with E-state index in [2.05, 4.69) is 5.32 Å². The first-order valence-corrected chi connectivity index (χ1v) is 10.9. The van der Waals surface area contributed by atoms with Crippen molar-refractivity contribution in [3.63, 3.8) is 0 Å². The average Bonchev–Trinajstić information content (AvgIpc) is 3.31. The molecule has 1 N–H and O–H groups in total. The molecule has 0 saturated heterocycles. The molecule has 2 heterocycles. The van der Waals surface area contributed by atoms with E-state index in [1.807, 2.05) is 25.1 Å². The molecule has 2 aliphatic rings. The highest BCUT2D eigenvalue weighted by molar-refractivity contribution is 5.96. The van der Waals surface area contributed by atoms with Gasteiger partial charge in [-0.2, -0.15) is 0 Å². The van der Waals surface area contributed by atoms with Crippen LogP contribution in [0.3, 0.4) is 0 Å². The minimum atomic E-state index is -0.508. The summed E-state index contributed by atoms with van der Waals surface area (Å²) >= 11 is 0. The Labute approximate surface area is 196 Å². The Hall–Kier alpha value is -4.20. The van der Waals surface area contributed by atoms with E-state index in [0.29, 0.717) is 46.6 Å². The van der Waals surface area contributed by atoms with Gasteiger partial charge in [0.2, 0.25) is 12.7 Å². The third kappa shape index (κ3) is 4.10. The minimum absolute atomic E-state index is 0.0932. The van der Waals surface area contributed by atoms with Crippen LogP contribution < -0.4 is 29.0 Å². The summed E-state index contributed by atoms with van der Waals surface area (Å²) in [6, 6.07) is 15.7. The summed E-state index contributed by atoms with van der Waals surface area (Å²) in [5, 5.41) is 2.91. The van der Waals surface area contributed by atoms with Crippen LogP contribution in [-0.4, -0.2) is 32.4 Å². The molecule has 2 aliphatic heterocycles. The van der Waals surface area contributed by atoms with Crippen LogP contribution in [0.25, 0.3) is 0 Å². The van der Waals surface area contributed by atoms with Gasteiger partial charge in [0.05, 0.1) is 19.3 Å². The lowest BCUT2D eigenvalue weighted by Crippen LogP contribution is -2.23. The quantitative estimate of drug-likeness (QED) is 0.426. The molecule has 0 saturated carbocycles. The molecule has 1 atom stereocenters. The molecule has 3 aromatic rings. The second-order valence-corrected chi connectivity index (χ2v) is 7.85. The third-order valence-corrected chi connectivity index (χ3v) is 5.78. The number of hydrogen-bond donors (Lipinski definition) is 1. The number of anilines is 1. The molecule has 0 aromatic heterocycles. The van der Waals surface area contributed by atoms with E-state index in [0.717, 1.165) is 11.1 Å². The van der Waals surface area contributed by atoms with Crippen molar-refractivity contribution in [1.82, 2.24) is 0 Å². The van der Waals surface area contributed by atoms with Crippen molar-refractivity contribution in [3.8, 4) is 28.7 Å². The van der Waals surface area contributed by atoms with Crippen molar-refractivity contribution in [2.75, 3.05) is 25.8 Å². The van der Waals surface area contributed by atoms with E-state index in [1.54, 1.807) is 43.5 Å². The van der Waals surface area contributed by atoms with Crippen LogP contribution in [0.4, 0.5) is 5.69 Å². The normalized spacial score (nSPS) is 15.8. The Morgan fingerprint density at radius 1 is 1.03 bits per heavy atom. The van der Waals surface area contributed by atoms with Gasteiger partial charge in [-0.25, -0.2) is 4.79 Å². The molecule has 8 heteroatoms. The summed E-state index contributed by atoms with van der Waals surface area (Å²) in [7, 11) is 1.56. The topological polar surface area (TPSA) is 92.3 Å². The summed E-state index contributed by atoms with van der Waals surface area (Å²) in [5.41, 5.74) is 2.87. The van der Waals surface area contributed by atoms with Crippen molar-refractivity contribution >= 4 is 17.6 Å². The predicted molar refractivity (Wildman–Crippen MR) is 123 cm³/mol. The molecular weight excluding hydrogens is 438 g/mol. The highest BCUT2D eigenvalue weighted by Gasteiger charge is 2.30. The zero-order valence-corrected chi connectivity index (χ0v) is 18.8. The Morgan fingerprint density at radius 3 is 2.53 bits per heavy atom. The second-order valence-electron chi connectivity index (χ2n) is 7.85. The molecule has 1 amide bonds. The molecule has 0 fully saturated rings. The van der Waals surface area contributed by atoms with Crippen molar-refractivity contribution in [3.05, 3.63) is 71.3 Å². The molecule has 0 bridgehead atoms. The predicted octanol–water partition coefficient (Wildman–Crippen LogP) is 4.52. The summed E-state index contributed by atoms with van der Waals surface area (Å²) in [6.45, 7) is 2.39. The number of nitrogens with one attached hydrogen (secondary N) is 1. The average molecular weight is 461 g/mol. The Morgan fingerprint density at radius 2 is 1.79 bits per heavy atom. The van der Waals surface area contributed by atoms with Gasteiger partial charge < -0.3 is 29.0 Å². The largest absolute Gasteiger partial charge is 0.497 e. The maximum absolute atomic E-state index is 12.7. The number of fused-ring (bicyclic) bond motifs is 2. The van der Waals surface area contributed by atoms with Crippen LogP contribution in [0, 0.1) is 0 Å². The molecule has 0 aliphatic carbocycles. The summed E-state index contributed by atoms with van der Waals surface area (Å²) in [6.07, 6.45) is 0.267. The number of esters is 1. The van der Waals surface area contributed by atoms with Gasteiger partial charge in [-0.15, -0.1) is 0 Å². The first kappa shape index (κ1) is 21.6. The summed E-state index contributed by atoms with van der Waals surface area (Å²) in [4.78, 5) is 25.1. The smallest absolute Gasteiger partial charge is 0.343 e.